The summed E-state index contributed by atoms with van der Waals surface area (Å²) in [6.45, 7) is 3.47. The lowest BCUT2D eigenvalue weighted by molar-refractivity contribution is -0.122. The Hall–Kier alpha value is -3.74. The van der Waals surface area contributed by atoms with E-state index >= 15 is 0 Å². The second kappa shape index (κ2) is 18.5. The van der Waals surface area contributed by atoms with Crippen molar-refractivity contribution in [3.63, 3.8) is 0 Å². The average molecular weight is 807 g/mol. The molecule has 0 aliphatic carbocycles. The van der Waals surface area contributed by atoms with Crippen molar-refractivity contribution in [2.24, 2.45) is 10.9 Å². The summed E-state index contributed by atoms with van der Waals surface area (Å²) in [5.41, 5.74) is 8.49. The summed E-state index contributed by atoms with van der Waals surface area (Å²) in [4.78, 5) is 52.5. The van der Waals surface area contributed by atoms with Crippen molar-refractivity contribution in [3.8, 4) is 5.75 Å². The van der Waals surface area contributed by atoms with E-state index in [2.05, 4.69) is 10.1 Å². The van der Waals surface area contributed by atoms with Crippen LogP contribution in [-0.2, 0) is 16.1 Å². The Balaban J connectivity index is 1.25. The van der Waals surface area contributed by atoms with E-state index in [-0.39, 0.29) is 42.6 Å². The molecule has 2 saturated heterocycles. The number of hydrogen-bond donors (Lipinski definition) is 2. The molecule has 0 radical (unpaired) electrons. The number of phenolic OH excluding ortho intramolecular Hbond substituents is 1. The van der Waals surface area contributed by atoms with Crippen LogP contribution in [0.1, 0.15) is 53.1 Å². The number of rotatable bonds is 14. The highest BCUT2D eigenvalue weighted by Gasteiger charge is 2.38. The Labute approximate surface area is 330 Å². The zero-order valence-corrected chi connectivity index (χ0v) is 32.7. The fourth-order valence-corrected chi connectivity index (χ4v) is 8.00. The first-order valence-electron chi connectivity index (χ1n) is 17.5. The molecule has 0 spiro atoms. The quantitative estimate of drug-likeness (QED) is 0.134. The smallest absolute Gasteiger partial charge is 0.320 e. The minimum absolute atomic E-state index is 0.0277. The van der Waals surface area contributed by atoms with Gasteiger partial charge in [-0.15, -0.1) is 0 Å². The topological polar surface area (TPSA) is 132 Å². The summed E-state index contributed by atoms with van der Waals surface area (Å²) < 4.78 is 0. The first-order chi connectivity index (χ1) is 25.3. The first kappa shape index (κ1) is 40.4. The van der Waals surface area contributed by atoms with Gasteiger partial charge in [0.2, 0.25) is 5.91 Å². The van der Waals surface area contributed by atoms with Crippen LogP contribution in [0.2, 0.25) is 20.1 Å². The highest BCUT2D eigenvalue weighted by molar-refractivity contribution is 6.42. The van der Waals surface area contributed by atoms with E-state index in [1.54, 1.807) is 65.4 Å². The molecule has 3 aromatic carbocycles. The number of likely N-dealkylation sites (tertiary alicyclic amines) is 1. The van der Waals surface area contributed by atoms with Crippen LogP contribution in [0.4, 0.5) is 4.79 Å². The van der Waals surface area contributed by atoms with Crippen LogP contribution in [0.5, 0.6) is 5.75 Å². The first-order valence-corrected chi connectivity index (χ1v) is 19.0. The summed E-state index contributed by atoms with van der Waals surface area (Å²) in [7, 11) is 3.15. The zero-order chi connectivity index (χ0) is 38.2. The van der Waals surface area contributed by atoms with Gasteiger partial charge in [0.1, 0.15) is 18.9 Å². The number of nitrogens with zero attached hydrogens (tertiary/aromatic N) is 5. The van der Waals surface area contributed by atoms with Gasteiger partial charge in [-0.25, -0.2) is 4.79 Å². The summed E-state index contributed by atoms with van der Waals surface area (Å²) in [5.74, 6) is -0.969. The number of benzene rings is 3. The van der Waals surface area contributed by atoms with Gasteiger partial charge in [-0.05, 0) is 85.8 Å². The van der Waals surface area contributed by atoms with Gasteiger partial charge in [-0.3, -0.25) is 9.59 Å². The van der Waals surface area contributed by atoms with Gasteiger partial charge in [0.05, 0.1) is 22.3 Å². The highest BCUT2D eigenvalue weighted by atomic mass is 35.5. The maximum absolute atomic E-state index is 13.8. The van der Waals surface area contributed by atoms with Gasteiger partial charge in [0, 0.05) is 67.2 Å². The van der Waals surface area contributed by atoms with Crippen LogP contribution in [0, 0.1) is 0 Å². The Morgan fingerprint density at radius 3 is 2.26 bits per heavy atom. The van der Waals surface area contributed by atoms with Crippen molar-refractivity contribution in [3.05, 3.63) is 97.4 Å². The summed E-state index contributed by atoms with van der Waals surface area (Å²) in [5, 5.41) is 15.6. The van der Waals surface area contributed by atoms with Gasteiger partial charge < -0.3 is 35.3 Å². The van der Waals surface area contributed by atoms with Crippen molar-refractivity contribution in [2.75, 3.05) is 53.4 Å². The van der Waals surface area contributed by atoms with Gasteiger partial charge in [-0.1, -0.05) is 69.8 Å². The molecule has 3 aromatic rings. The third-order valence-corrected chi connectivity index (χ3v) is 11.1. The lowest BCUT2D eigenvalue weighted by Gasteiger charge is -2.45. The molecule has 2 atom stereocenters. The zero-order valence-electron chi connectivity index (χ0n) is 29.7. The minimum Gasteiger partial charge on any atom is -0.508 e. The molecule has 0 bridgehead atoms. The number of carbonyl (C=O) groups excluding carboxylic acids is 3. The van der Waals surface area contributed by atoms with E-state index in [1.807, 2.05) is 17.0 Å². The number of piperidine rings is 1. The summed E-state index contributed by atoms with van der Waals surface area (Å²) >= 11 is 25.1. The Bertz CT molecular complexity index is 1780. The number of oxime groups is 1. The van der Waals surface area contributed by atoms with E-state index in [1.165, 1.54) is 7.11 Å². The number of aromatic hydroxyl groups is 1. The standard InChI is InChI=1S/C38H44Cl4N6O5/c1-45(37(51)26-19-27(39)22-28(40)20-26)23-34(44-53-2)31(25-6-9-32(41)33(42)21-25)12-17-46-15-10-29(11-16-46)47-13-3-14-48(38(47)52)35(36(43)50)18-24-4-7-30(49)8-5-24/h4-9,19-22,29,31,35,49H,3,10-18,23H2,1-2H3,(H2,43,50)/b44-34+/t31?,35-/m0/s1. The van der Waals surface area contributed by atoms with Crippen LogP contribution in [0.15, 0.2) is 65.8 Å². The van der Waals surface area contributed by atoms with Gasteiger partial charge >= 0.3 is 6.03 Å². The van der Waals surface area contributed by atoms with Crippen molar-refractivity contribution >= 4 is 70.0 Å². The predicted molar refractivity (Wildman–Crippen MR) is 209 cm³/mol. The molecule has 0 aromatic heterocycles. The molecule has 2 aliphatic rings. The molecule has 15 heteroatoms. The van der Waals surface area contributed by atoms with Crippen molar-refractivity contribution < 1.29 is 24.3 Å². The largest absolute Gasteiger partial charge is 0.508 e. The van der Waals surface area contributed by atoms with E-state index < -0.39 is 11.9 Å². The second-order valence-corrected chi connectivity index (χ2v) is 15.2. The maximum Gasteiger partial charge on any atom is 0.320 e. The summed E-state index contributed by atoms with van der Waals surface area (Å²) in [6, 6.07) is 15.8. The highest BCUT2D eigenvalue weighted by Crippen LogP contribution is 2.31. The number of nitrogens with two attached hydrogens (primary N) is 1. The van der Waals surface area contributed by atoms with Crippen LogP contribution >= 0.6 is 46.4 Å². The van der Waals surface area contributed by atoms with E-state index in [0.717, 1.165) is 43.5 Å². The third kappa shape index (κ3) is 10.5. The van der Waals surface area contributed by atoms with Crippen LogP contribution < -0.4 is 5.73 Å². The van der Waals surface area contributed by atoms with Crippen molar-refractivity contribution in [2.45, 2.75) is 50.1 Å². The maximum atomic E-state index is 13.8. The van der Waals surface area contributed by atoms with Gasteiger partial charge in [0.25, 0.3) is 5.91 Å². The van der Waals surface area contributed by atoms with E-state index in [9.17, 15) is 19.5 Å². The Kier molecular flexibility index (Phi) is 14.1. The Morgan fingerprint density at radius 2 is 1.64 bits per heavy atom. The number of carbonyl (C=O) groups is 3. The van der Waals surface area contributed by atoms with E-state index in [0.29, 0.717) is 57.4 Å². The molecule has 4 amide bonds. The van der Waals surface area contributed by atoms with Crippen LogP contribution in [0.3, 0.4) is 0 Å². The van der Waals surface area contributed by atoms with Crippen LogP contribution in [0.25, 0.3) is 0 Å². The fourth-order valence-electron chi connectivity index (χ4n) is 7.17. The number of urea groups is 1. The second-order valence-electron chi connectivity index (χ2n) is 13.5. The minimum atomic E-state index is -0.783. The molecule has 5 rings (SSSR count). The summed E-state index contributed by atoms with van der Waals surface area (Å²) in [6.07, 6.45) is 3.20. The number of amides is 4. The van der Waals surface area contributed by atoms with E-state index in [4.69, 9.17) is 57.0 Å². The molecule has 2 aliphatic heterocycles. The Morgan fingerprint density at radius 1 is 0.962 bits per heavy atom. The van der Waals surface area contributed by atoms with Crippen molar-refractivity contribution in [1.82, 2.24) is 19.6 Å². The molecule has 2 heterocycles. The predicted octanol–water partition coefficient (Wildman–Crippen LogP) is 6.94. The molecule has 53 heavy (non-hydrogen) atoms. The molecule has 3 N–H and O–H groups in total. The molecule has 284 valence electrons. The van der Waals surface area contributed by atoms with Crippen LogP contribution in [-0.4, -0.2) is 114 Å². The molecular formula is C38H44Cl4N6O5. The monoisotopic (exact) mass is 804 g/mol. The number of primary amides is 1. The number of halogens is 4. The van der Waals surface area contributed by atoms with Crippen molar-refractivity contribution in [1.29, 1.82) is 0 Å². The average Bonchev–Trinajstić information content (AvgIpc) is 3.12. The number of hydrogen-bond acceptors (Lipinski definition) is 7. The fraction of sp³-hybridized carbons (Fsp3) is 0.421. The normalized spacial score (nSPS) is 17.1. The number of phenols is 1. The lowest BCUT2D eigenvalue weighted by atomic mass is 9.89. The molecule has 11 nitrogen and oxygen atoms in total. The molecule has 0 saturated carbocycles. The SMILES string of the molecule is CO/N=C(\CN(C)C(=O)c1cc(Cl)cc(Cl)c1)C(CCN1CCC(N2CCCN([C@@H](Cc3ccc(O)cc3)C(N)=O)C2=O)CC1)c1ccc(Cl)c(Cl)c1. The molecule has 1 unspecified atom stereocenters. The molecule has 2 fully saturated rings. The lowest BCUT2D eigenvalue weighted by Crippen LogP contribution is -2.60. The third-order valence-electron chi connectivity index (χ3n) is 9.90. The van der Waals surface area contributed by atoms with Gasteiger partial charge in [0.15, 0.2) is 0 Å². The molecular weight excluding hydrogens is 762 g/mol. The van der Waals surface area contributed by atoms with Gasteiger partial charge in [-0.2, -0.15) is 0 Å².